The van der Waals surface area contributed by atoms with Crippen LogP contribution in [0.4, 0.5) is 4.39 Å². The number of hydrogen-bond acceptors (Lipinski definition) is 3. The minimum Gasteiger partial charge on any atom is -0.465 e. The Kier molecular flexibility index (Phi) is 3.62. The quantitative estimate of drug-likeness (QED) is 0.871. The Morgan fingerprint density at radius 3 is 3.00 bits per heavy atom. The second kappa shape index (κ2) is 5.18. The number of carbonyl (C=O) groups is 1. The summed E-state index contributed by atoms with van der Waals surface area (Å²) in [6.45, 7) is 0. The van der Waals surface area contributed by atoms with E-state index in [1.54, 1.807) is 6.07 Å². The summed E-state index contributed by atoms with van der Waals surface area (Å²) < 4.78 is 18.1. The topological polar surface area (TPSA) is 55.0 Å². The Labute approximate surface area is 108 Å². The molecule has 6 heteroatoms. The lowest BCUT2D eigenvalue weighted by Crippen LogP contribution is -1.99. The lowest BCUT2D eigenvalue weighted by molar-refractivity contribution is 0.0601. The van der Waals surface area contributed by atoms with Gasteiger partial charge in [0, 0.05) is 24.5 Å². The maximum atomic E-state index is 13.5. The molecular weight excluding hydrogens is 259 g/mol. The highest BCUT2D eigenvalue weighted by atomic mass is 35.5. The maximum absolute atomic E-state index is 13.5. The fourth-order valence-electron chi connectivity index (χ4n) is 1.53. The molecule has 0 aliphatic heterocycles. The summed E-state index contributed by atoms with van der Waals surface area (Å²) in [6.07, 6.45) is 3.14. The van der Waals surface area contributed by atoms with Crippen molar-refractivity contribution in [2.45, 2.75) is 6.42 Å². The lowest BCUT2D eigenvalue weighted by Gasteiger charge is -2.00. The fraction of sp³-hybridized carbons (Fsp3) is 0.167. The number of pyridine rings is 1. The molecule has 0 aliphatic rings. The molecule has 2 aromatic heterocycles. The maximum Gasteiger partial charge on any atom is 0.339 e. The van der Waals surface area contributed by atoms with Crippen molar-refractivity contribution in [1.29, 1.82) is 0 Å². The van der Waals surface area contributed by atoms with E-state index >= 15 is 0 Å². The zero-order valence-corrected chi connectivity index (χ0v) is 10.3. The standard InChI is InChI=1S/C12H10ClFN2O2/c1-18-12(17)7-2-9(15-5-7)4-11-10(14)3-8(13)6-16-11/h2-3,5-6,15H,4H2,1H3. The Hall–Kier alpha value is -1.88. The molecule has 0 atom stereocenters. The predicted octanol–water partition coefficient (Wildman–Crippen LogP) is 2.58. The van der Waals surface area contributed by atoms with Gasteiger partial charge in [-0.25, -0.2) is 9.18 Å². The van der Waals surface area contributed by atoms with Crippen molar-refractivity contribution in [3.8, 4) is 0 Å². The van der Waals surface area contributed by atoms with Crippen LogP contribution in [0.15, 0.2) is 24.5 Å². The van der Waals surface area contributed by atoms with Gasteiger partial charge in [0.15, 0.2) is 0 Å². The first-order chi connectivity index (χ1) is 8.60. The van der Waals surface area contributed by atoms with E-state index in [0.29, 0.717) is 11.3 Å². The summed E-state index contributed by atoms with van der Waals surface area (Å²) in [5, 5.41) is 0.248. The number of nitrogens with one attached hydrogen (secondary N) is 1. The number of carbonyl (C=O) groups excluding carboxylic acids is 1. The van der Waals surface area contributed by atoms with E-state index in [-0.39, 0.29) is 17.1 Å². The van der Waals surface area contributed by atoms with Crippen molar-refractivity contribution in [2.24, 2.45) is 0 Å². The van der Waals surface area contributed by atoms with E-state index in [9.17, 15) is 9.18 Å². The minimum absolute atomic E-state index is 0.248. The highest BCUT2D eigenvalue weighted by Crippen LogP contribution is 2.15. The Morgan fingerprint density at radius 2 is 2.33 bits per heavy atom. The van der Waals surface area contributed by atoms with Gasteiger partial charge >= 0.3 is 5.97 Å². The van der Waals surface area contributed by atoms with Gasteiger partial charge in [0.25, 0.3) is 0 Å². The second-order valence-electron chi connectivity index (χ2n) is 3.66. The minimum atomic E-state index is -0.475. The molecule has 0 bridgehead atoms. The smallest absolute Gasteiger partial charge is 0.339 e. The van der Waals surface area contributed by atoms with Crippen molar-refractivity contribution in [3.05, 3.63) is 52.3 Å². The monoisotopic (exact) mass is 268 g/mol. The van der Waals surface area contributed by atoms with E-state index in [1.807, 2.05) is 0 Å². The molecule has 94 valence electrons. The third-order valence-corrected chi connectivity index (χ3v) is 2.61. The number of halogens is 2. The number of aromatic amines is 1. The molecule has 4 nitrogen and oxygen atoms in total. The normalized spacial score (nSPS) is 10.4. The number of esters is 1. The highest BCUT2D eigenvalue weighted by molar-refractivity contribution is 6.30. The van der Waals surface area contributed by atoms with Crippen molar-refractivity contribution in [1.82, 2.24) is 9.97 Å². The molecule has 0 saturated carbocycles. The van der Waals surface area contributed by atoms with Gasteiger partial charge in [-0.1, -0.05) is 11.6 Å². The lowest BCUT2D eigenvalue weighted by atomic mass is 10.2. The molecule has 0 spiro atoms. The van der Waals surface area contributed by atoms with Crippen molar-refractivity contribution >= 4 is 17.6 Å². The van der Waals surface area contributed by atoms with Crippen LogP contribution in [0, 0.1) is 5.82 Å². The first kappa shape index (κ1) is 12.6. The van der Waals surface area contributed by atoms with E-state index in [2.05, 4.69) is 14.7 Å². The number of aromatic nitrogens is 2. The SMILES string of the molecule is COC(=O)c1c[nH]c(Cc2ncc(Cl)cc2F)c1. The average Bonchev–Trinajstić information content (AvgIpc) is 2.80. The van der Waals surface area contributed by atoms with Gasteiger partial charge in [0.1, 0.15) is 5.82 Å². The van der Waals surface area contributed by atoms with Crippen LogP contribution in [-0.2, 0) is 11.2 Å². The first-order valence-corrected chi connectivity index (χ1v) is 5.53. The van der Waals surface area contributed by atoms with Crippen LogP contribution in [0.5, 0.6) is 0 Å². The summed E-state index contributed by atoms with van der Waals surface area (Å²) >= 11 is 5.61. The summed E-state index contributed by atoms with van der Waals surface area (Å²) in [7, 11) is 1.30. The average molecular weight is 269 g/mol. The molecule has 2 aromatic rings. The molecule has 2 heterocycles. The largest absolute Gasteiger partial charge is 0.465 e. The van der Waals surface area contributed by atoms with Crippen molar-refractivity contribution in [3.63, 3.8) is 0 Å². The van der Waals surface area contributed by atoms with Crippen LogP contribution in [0.25, 0.3) is 0 Å². The summed E-state index contributed by atoms with van der Waals surface area (Å²) in [5.74, 6) is -0.918. The zero-order valence-electron chi connectivity index (χ0n) is 9.54. The first-order valence-electron chi connectivity index (χ1n) is 5.15. The number of methoxy groups -OCH3 is 1. The summed E-state index contributed by atoms with van der Waals surface area (Å²) in [4.78, 5) is 18.0. The Balaban J connectivity index is 2.18. The van der Waals surface area contributed by atoms with E-state index in [0.717, 1.165) is 0 Å². The van der Waals surface area contributed by atoms with Crippen molar-refractivity contribution < 1.29 is 13.9 Å². The molecule has 0 saturated heterocycles. The number of nitrogens with zero attached hydrogens (tertiary/aromatic N) is 1. The number of hydrogen-bond donors (Lipinski definition) is 1. The number of rotatable bonds is 3. The second-order valence-corrected chi connectivity index (χ2v) is 4.10. The van der Waals surface area contributed by atoms with Crippen LogP contribution in [0.2, 0.25) is 5.02 Å². The molecule has 0 amide bonds. The summed E-state index contributed by atoms with van der Waals surface area (Å²) in [5.41, 5.74) is 1.32. The number of ether oxygens (including phenoxy) is 1. The van der Waals surface area contributed by atoms with Crippen LogP contribution in [0.3, 0.4) is 0 Å². The molecule has 0 unspecified atom stereocenters. The van der Waals surface area contributed by atoms with Gasteiger partial charge in [-0.2, -0.15) is 0 Å². The van der Waals surface area contributed by atoms with Gasteiger partial charge < -0.3 is 9.72 Å². The van der Waals surface area contributed by atoms with Gasteiger partial charge in [0.05, 0.1) is 23.4 Å². The van der Waals surface area contributed by atoms with E-state index < -0.39 is 11.8 Å². The van der Waals surface area contributed by atoms with Gasteiger partial charge in [-0.05, 0) is 12.1 Å². The van der Waals surface area contributed by atoms with Crippen molar-refractivity contribution in [2.75, 3.05) is 7.11 Å². The molecule has 2 rings (SSSR count). The zero-order chi connectivity index (χ0) is 13.1. The van der Waals surface area contributed by atoms with Crippen LogP contribution in [0.1, 0.15) is 21.7 Å². The Morgan fingerprint density at radius 1 is 1.56 bits per heavy atom. The summed E-state index contributed by atoms with van der Waals surface area (Å²) in [6, 6.07) is 2.80. The molecule has 18 heavy (non-hydrogen) atoms. The fourth-order valence-corrected chi connectivity index (χ4v) is 1.68. The number of H-pyrrole nitrogens is 1. The third-order valence-electron chi connectivity index (χ3n) is 2.41. The molecular formula is C12H10ClFN2O2. The third kappa shape index (κ3) is 2.68. The van der Waals surface area contributed by atoms with Crippen LogP contribution < -0.4 is 0 Å². The molecule has 0 radical (unpaired) electrons. The Bertz CT molecular complexity index is 583. The van der Waals surface area contributed by atoms with Gasteiger partial charge in [-0.3, -0.25) is 4.98 Å². The molecule has 1 N–H and O–H groups in total. The van der Waals surface area contributed by atoms with Crippen LogP contribution >= 0.6 is 11.6 Å². The molecule has 0 aliphatic carbocycles. The molecule has 0 fully saturated rings. The molecule has 0 aromatic carbocycles. The predicted molar refractivity (Wildman–Crippen MR) is 64.1 cm³/mol. The van der Waals surface area contributed by atoms with Gasteiger partial charge in [-0.15, -0.1) is 0 Å². The highest BCUT2D eigenvalue weighted by Gasteiger charge is 2.11. The van der Waals surface area contributed by atoms with E-state index in [1.165, 1.54) is 25.6 Å². The van der Waals surface area contributed by atoms with E-state index in [4.69, 9.17) is 11.6 Å². The van der Waals surface area contributed by atoms with Crippen LogP contribution in [-0.4, -0.2) is 23.0 Å². The van der Waals surface area contributed by atoms with Gasteiger partial charge in [0.2, 0.25) is 0 Å².